The van der Waals surface area contributed by atoms with Crippen molar-refractivity contribution in [2.45, 2.75) is 11.9 Å². The van der Waals surface area contributed by atoms with E-state index in [2.05, 4.69) is 17.6 Å². The van der Waals surface area contributed by atoms with Crippen molar-refractivity contribution in [3.63, 3.8) is 0 Å². The van der Waals surface area contributed by atoms with Gasteiger partial charge in [0.2, 0.25) is 0 Å². The van der Waals surface area contributed by atoms with Crippen LogP contribution in [-0.2, 0) is 11.9 Å². The molecule has 0 heterocycles. The second kappa shape index (κ2) is 6.92. The second-order valence-corrected chi connectivity index (χ2v) is 6.06. The van der Waals surface area contributed by atoms with Crippen LogP contribution in [0.2, 0.25) is 0 Å². The van der Waals surface area contributed by atoms with E-state index in [4.69, 9.17) is 11.5 Å². The van der Waals surface area contributed by atoms with Crippen LogP contribution in [0.3, 0.4) is 0 Å². The van der Waals surface area contributed by atoms with Crippen LogP contribution in [-0.4, -0.2) is 5.96 Å². The van der Waals surface area contributed by atoms with Crippen molar-refractivity contribution in [2.75, 3.05) is 0 Å². The number of thiol groups is 1. The van der Waals surface area contributed by atoms with Crippen LogP contribution in [0.25, 0.3) is 21.9 Å². The van der Waals surface area contributed by atoms with Crippen LogP contribution in [0.4, 0.5) is 18.9 Å². The smallest absolute Gasteiger partial charge is 0.370 e. The van der Waals surface area contributed by atoms with Crippen molar-refractivity contribution in [3.05, 3.63) is 65.7 Å². The lowest BCUT2D eigenvalue weighted by molar-refractivity contribution is -0.137. The van der Waals surface area contributed by atoms with E-state index < -0.39 is 11.7 Å². The highest BCUT2D eigenvalue weighted by Crippen LogP contribution is 2.41. The number of benzene rings is 3. The number of halogens is 3. The minimum absolute atomic E-state index is 0.0674. The van der Waals surface area contributed by atoms with Crippen LogP contribution < -0.4 is 11.5 Å². The van der Waals surface area contributed by atoms with E-state index in [1.54, 1.807) is 12.1 Å². The first kappa shape index (κ1) is 18.1. The fourth-order valence-corrected chi connectivity index (χ4v) is 3.26. The molecule has 0 aliphatic carbocycles. The van der Waals surface area contributed by atoms with Crippen LogP contribution in [0, 0.1) is 0 Å². The number of rotatable bonds is 3. The zero-order valence-corrected chi connectivity index (χ0v) is 14.5. The van der Waals surface area contributed by atoms with Gasteiger partial charge in [-0.2, -0.15) is 25.8 Å². The Morgan fingerprint density at radius 2 is 1.65 bits per heavy atom. The van der Waals surface area contributed by atoms with Gasteiger partial charge in [-0.05, 0) is 39.6 Å². The van der Waals surface area contributed by atoms with Gasteiger partial charge in [0.25, 0.3) is 0 Å². The molecule has 3 nitrogen and oxygen atoms in total. The van der Waals surface area contributed by atoms with Gasteiger partial charge in [0.15, 0.2) is 5.96 Å². The molecule has 4 N–H and O–H groups in total. The maximum Gasteiger partial charge on any atom is 0.416 e. The largest absolute Gasteiger partial charge is 0.416 e. The average Bonchev–Trinajstić information content (AvgIpc) is 2.59. The Morgan fingerprint density at radius 1 is 0.962 bits per heavy atom. The number of fused-ring (bicyclic) bond motifs is 1. The van der Waals surface area contributed by atoms with Crippen molar-refractivity contribution in [2.24, 2.45) is 16.5 Å². The maximum atomic E-state index is 13.4. The highest BCUT2D eigenvalue weighted by molar-refractivity contribution is 7.79. The average molecular weight is 375 g/mol. The van der Waals surface area contributed by atoms with Gasteiger partial charge in [0.05, 0.1) is 11.3 Å². The lowest BCUT2D eigenvalue weighted by Gasteiger charge is -2.17. The third kappa shape index (κ3) is 3.48. The Bertz CT molecular complexity index is 988. The lowest BCUT2D eigenvalue weighted by atomic mass is 9.92. The molecule has 7 heteroatoms. The summed E-state index contributed by atoms with van der Waals surface area (Å²) in [5.74, 6) is -0.126. The Hall–Kier alpha value is -2.67. The van der Waals surface area contributed by atoms with Gasteiger partial charge in [-0.25, -0.2) is 4.99 Å². The van der Waals surface area contributed by atoms with Gasteiger partial charge in [-0.1, -0.05) is 42.5 Å². The molecule has 0 fully saturated rings. The number of alkyl halides is 3. The highest BCUT2D eigenvalue weighted by atomic mass is 32.1. The van der Waals surface area contributed by atoms with E-state index >= 15 is 0 Å². The van der Waals surface area contributed by atoms with Crippen LogP contribution in [0.5, 0.6) is 0 Å². The van der Waals surface area contributed by atoms with Crippen molar-refractivity contribution >= 4 is 35.0 Å². The van der Waals surface area contributed by atoms with E-state index in [-0.39, 0.29) is 17.4 Å². The first-order valence-corrected chi connectivity index (χ1v) is 8.37. The molecule has 0 spiro atoms. The van der Waals surface area contributed by atoms with Gasteiger partial charge in [-0.15, -0.1) is 0 Å². The van der Waals surface area contributed by atoms with E-state index in [1.807, 2.05) is 30.3 Å². The third-order valence-corrected chi connectivity index (χ3v) is 4.36. The summed E-state index contributed by atoms with van der Waals surface area (Å²) >= 11 is 4.29. The number of guanidine groups is 1. The van der Waals surface area contributed by atoms with Crippen molar-refractivity contribution in [3.8, 4) is 11.1 Å². The Kier molecular flexibility index (Phi) is 4.82. The normalized spacial score (nSPS) is 11.5. The molecule has 0 aliphatic rings. The molecule has 0 saturated carbocycles. The zero-order valence-electron chi connectivity index (χ0n) is 13.6. The molecule has 0 radical (unpaired) electrons. The quantitative estimate of drug-likeness (QED) is 0.348. The number of nitrogens with two attached hydrogens (primary N) is 2. The van der Waals surface area contributed by atoms with E-state index in [0.29, 0.717) is 16.7 Å². The molecule has 0 aliphatic heterocycles. The number of hydrogen-bond donors (Lipinski definition) is 3. The molecule has 26 heavy (non-hydrogen) atoms. The minimum Gasteiger partial charge on any atom is -0.370 e. The molecule has 0 saturated heterocycles. The molecule has 0 bridgehead atoms. The molecule has 3 aromatic carbocycles. The highest BCUT2D eigenvalue weighted by Gasteiger charge is 2.32. The summed E-state index contributed by atoms with van der Waals surface area (Å²) in [6.07, 6.45) is -4.53. The molecule has 3 aromatic rings. The van der Waals surface area contributed by atoms with E-state index in [1.165, 1.54) is 0 Å². The SMILES string of the molecule is NC(N)=Nc1cc(C(F)(F)F)cc(-c2cccc3ccccc23)c1CS. The van der Waals surface area contributed by atoms with Gasteiger partial charge >= 0.3 is 6.18 Å². The summed E-state index contributed by atoms with van der Waals surface area (Å²) in [6.45, 7) is 0. The van der Waals surface area contributed by atoms with Gasteiger partial charge in [0.1, 0.15) is 0 Å². The minimum atomic E-state index is -4.53. The first-order chi connectivity index (χ1) is 12.3. The summed E-state index contributed by atoms with van der Waals surface area (Å²) in [5.41, 5.74) is 11.7. The van der Waals surface area contributed by atoms with Gasteiger partial charge in [0, 0.05) is 5.75 Å². The summed E-state index contributed by atoms with van der Waals surface area (Å²) < 4.78 is 40.3. The molecule has 0 atom stereocenters. The summed E-state index contributed by atoms with van der Waals surface area (Å²) in [7, 11) is 0. The molecule has 0 amide bonds. The molecular weight excluding hydrogens is 359 g/mol. The fraction of sp³-hybridized carbons (Fsp3) is 0.105. The second-order valence-electron chi connectivity index (χ2n) is 5.74. The van der Waals surface area contributed by atoms with Gasteiger partial charge < -0.3 is 11.5 Å². The van der Waals surface area contributed by atoms with Crippen molar-refractivity contribution < 1.29 is 13.2 Å². The summed E-state index contributed by atoms with van der Waals surface area (Å²) in [4.78, 5) is 3.89. The monoisotopic (exact) mass is 375 g/mol. The standard InChI is InChI=1S/C19H16F3N3S/c20-19(21,22)12-8-15(16(10-26)17(9-12)25-18(23)24)14-7-3-5-11-4-1-2-6-13(11)14/h1-9,26H,10H2,(H4,23,24,25). The van der Waals surface area contributed by atoms with Crippen LogP contribution >= 0.6 is 12.6 Å². The molecule has 134 valence electrons. The number of hydrogen-bond acceptors (Lipinski definition) is 2. The predicted molar refractivity (Wildman–Crippen MR) is 103 cm³/mol. The van der Waals surface area contributed by atoms with Crippen LogP contribution in [0.1, 0.15) is 11.1 Å². The molecular formula is C19H16F3N3S. The topological polar surface area (TPSA) is 64.4 Å². The summed E-state index contributed by atoms with van der Waals surface area (Å²) in [6, 6.07) is 15.1. The van der Waals surface area contributed by atoms with Crippen LogP contribution in [0.15, 0.2) is 59.6 Å². The number of aliphatic imine (C=N–C) groups is 1. The summed E-state index contributed by atoms with van der Waals surface area (Å²) in [5, 5.41) is 1.77. The maximum absolute atomic E-state index is 13.4. The Labute approximate surface area is 153 Å². The first-order valence-electron chi connectivity index (χ1n) is 7.74. The molecule has 0 unspecified atom stereocenters. The van der Waals surface area contributed by atoms with Crippen molar-refractivity contribution in [1.29, 1.82) is 0 Å². The number of nitrogens with zero attached hydrogens (tertiary/aromatic N) is 1. The zero-order chi connectivity index (χ0) is 18.9. The Morgan fingerprint density at radius 3 is 2.31 bits per heavy atom. The van der Waals surface area contributed by atoms with E-state index in [0.717, 1.165) is 22.9 Å². The van der Waals surface area contributed by atoms with E-state index in [9.17, 15) is 13.2 Å². The van der Waals surface area contributed by atoms with Crippen molar-refractivity contribution in [1.82, 2.24) is 0 Å². The fourth-order valence-electron chi connectivity index (χ4n) is 2.93. The molecule has 0 aromatic heterocycles. The predicted octanol–water partition coefficient (Wildman–Crippen LogP) is 4.86. The van der Waals surface area contributed by atoms with Gasteiger partial charge in [-0.3, -0.25) is 0 Å². The lowest BCUT2D eigenvalue weighted by Crippen LogP contribution is -2.22. The Balaban J connectivity index is 2.40. The molecule has 3 rings (SSSR count). The third-order valence-electron chi connectivity index (χ3n) is 4.04.